The number of rotatable bonds is 3. The number of hydrogen-bond donors (Lipinski definition) is 0. The zero-order valence-corrected chi connectivity index (χ0v) is 8.24. The molecule has 0 aliphatic rings. The van der Waals surface area contributed by atoms with Crippen molar-refractivity contribution in [1.82, 2.24) is 0 Å². The Morgan fingerprint density at radius 2 is 2.00 bits per heavy atom. The lowest BCUT2D eigenvalue weighted by molar-refractivity contribution is 0.0992. The first-order valence-electron chi connectivity index (χ1n) is 4.66. The average Bonchev–Trinajstić information content (AvgIpc) is 2.74. The number of furan rings is 1. The number of benzene rings is 1. The van der Waals surface area contributed by atoms with Crippen molar-refractivity contribution in [3.63, 3.8) is 0 Å². The molecule has 0 amide bonds. The predicted molar refractivity (Wildman–Crippen MR) is 53.1 cm³/mol. The van der Waals surface area contributed by atoms with E-state index in [-0.39, 0.29) is 17.8 Å². The molecule has 0 aliphatic carbocycles. The van der Waals surface area contributed by atoms with E-state index < -0.39 is 11.6 Å². The summed E-state index contributed by atoms with van der Waals surface area (Å²) < 4.78 is 30.3. The van der Waals surface area contributed by atoms with Gasteiger partial charge in [0.1, 0.15) is 0 Å². The largest absolute Gasteiger partial charge is 0.472 e. The number of carbonyl (C=O) groups is 1. The molecule has 0 saturated carbocycles. The lowest BCUT2D eigenvalue weighted by Crippen LogP contribution is -2.03. The quantitative estimate of drug-likeness (QED) is 0.747. The maximum absolute atomic E-state index is 12.9. The Balaban J connectivity index is 2.18. The Hall–Kier alpha value is -1.97. The van der Waals surface area contributed by atoms with Gasteiger partial charge in [0.2, 0.25) is 0 Å². The minimum absolute atomic E-state index is 0.113. The van der Waals surface area contributed by atoms with Gasteiger partial charge in [0.25, 0.3) is 0 Å². The second kappa shape index (κ2) is 4.26. The molecule has 0 bridgehead atoms. The van der Waals surface area contributed by atoms with E-state index in [1.807, 2.05) is 0 Å². The van der Waals surface area contributed by atoms with Crippen LogP contribution in [0.2, 0.25) is 0 Å². The zero-order chi connectivity index (χ0) is 11.5. The molecule has 1 aromatic heterocycles. The molecule has 0 spiro atoms. The number of Topliss-reactive ketones (excluding diaryl/α,β-unsaturated/α-hetero) is 1. The molecular formula is C12H8F2O2. The van der Waals surface area contributed by atoms with Gasteiger partial charge in [-0.25, -0.2) is 8.78 Å². The molecule has 1 aromatic carbocycles. The highest BCUT2D eigenvalue weighted by molar-refractivity contribution is 5.97. The molecule has 0 radical (unpaired) electrons. The highest BCUT2D eigenvalue weighted by Gasteiger charge is 2.10. The van der Waals surface area contributed by atoms with E-state index in [9.17, 15) is 13.6 Å². The highest BCUT2D eigenvalue weighted by atomic mass is 19.2. The van der Waals surface area contributed by atoms with Crippen molar-refractivity contribution in [1.29, 1.82) is 0 Å². The fourth-order valence-electron chi connectivity index (χ4n) is 1.35. The standard InChI is InChI=1S/C12H8F2O2/c13-10-2-1-9(6-11(10)14)12(15)5-8-3-4-16-7-8/h1-4,6-7H,5H2. The summed E-state index contributed by atoms with van der Waals surface area (Å²) >= 11 is 0. The molecule has 2 nitrogen and oxygen atoms in total. The van der Waals surface area contributed by atoms with E-state index in [4.69, 9.17) is 4.42 Å². The van der Waals surface area contributed by atoms with Crippen LogP contribution in [0.15, 0.2) is 41.2 Å². The van der Waals surface area contributed by atoms with Gasteiger partial charge in [-0.1, -0.05) is 0 Å². The smallest absolute Gasteiger partial charge is 0.167 e. The highest BCUT2D eigenvalue weighted by Crippen LogP contribution is 2.12. The first-order valence-corrected chi connectivity index (χ1v) is 4.66. The molecule has 0 atom stereocenters. The van der Waals surface area contributed by atoms with Gasteiger partial charge in [-0.2, -0.15) is 0 Å². The van der Waals surface area contributed by atoms with Crippen molar-refractivity contribution < 1.29 is 18.0 Å². The van der Waals surface area contributed by atoms with Crippen LogP contribution in [0, 0.1) is 11.6 Å². The van der Waals surface area contributed by atoms with Crippen LogP contribution in [0.4, 0.5) is 8.78 Å². The molecule has 4 heteroatoms. The topological polar surface area (TPSA) is 30.2 Å². The summed E-state index contributed by atoms with van der Waals surface area (Å²) in [7, 11) is 0. The van der Waals surface area contributed by atoms with Crippen molar-refractivity contribution in [2.24, 2.45) is 0 Å². The summed E-state index contributed by atoms with van der Waals surface area (Å²) in [6.45, 7) is 0. The minimum Gasteiger partial charge on any atom is -0.472 e. The second-order valence-electron chi connectivity index (χ2n) is 3.36. The van der Waals surface area contributed by atoms with Crippen LogP contribution in [-0.2, 0) is 6.42 Å². The molecule has 0 saturated heterocycles. The number of ketones is 1. The summed E-state index contributed by atoms with van der Waals surface area (Å²) in [6.07, 6.45) is 3.01. The van der Waals surface area contributed by atoms with E-state index in [0.29, 0.717) is 5.56 Å². The molecular weight excluding hydrogens is 214 g/mol. The van der Waals surface area contributed by atoms with E-state index in [1.165, 1.54) is 18.6 Å². The maximum atomic E-state index is 12.9. The van der Waals surface area contributed by atoms with Crippen molar-refractivity contribution in [2.75, 3.05) is 0 Å². The van der Waals surface area contributed by atoms with E-state index in [2.05, 4.69) is 0 Å². The van der Waals surface area contributed by atoms with Crippen molar-refractivity contribution in [3.05, 3.63) is 59.6 Å². The molecule has 2 rings (SSSR count). The van der Waals surface area contributed by atoms with Crippen LogP contribution in [-0.4, -0.2) is 5.78 Å². The Kier molecular flexibility index (Phi) is 2.81. The van der Waals surface area contributed by atoms with Gasteiger partial charge in [-0.05, 0) is 29.8 Å². The van der Waals surface area contributed by atoms with E-state index in [0.717, 1.165) is 12.1 Å². The first-order chi connectivity index (χ1) is 7.66. The second-order valence-corrected chi connectivity index (χ2v) is 3.36. The average molecular weight is 222 g/mol. The van der Waals surface area contributed by atoms with Crippen LogP contribution < -0.4 is 0 Å². The van der Waals surface area contributed by atoms with Crippen molar-refractivity contribution in [3.8, 4) is 0 Å². The third kappa shape index (κ3) is 2.16. The summed E-state index contributed by atoms with van der Waals surface area (Å²) in [6, 6.07) is 4.76. The van der Waals surface area contributed by atoms with Gasteiger partial charge in [0.05, 0.1) is 12.5 Å². The fraction of sp³-hybridized carbons (Fsp3) is 0.0833. The molecule has 2 aromatic rings. The van der Waals surface area contributed by atoms with Gasteiger partial charge < -0.3 is 4.42 Å². The predicted octanol–water partition coefficient (Wildman–Crippen LogP) is 2.98. The van der Waals surface area contributed by atoms with Crippen LogP contribution >= 0.6 is 0 Å². The van der Waals surface area contributed by atoms with E-state index in [1.54, 1.807) is 6.07 Å². The summed E-state index contributed by atoms with van der Waals surface area (Å²) in [5.41, 5.74) is 0.856. The Morgan fingerprint density at radius 3 is 2.62 bits per heavy atom. The van der Waals surface area contributed by atoms with Crippen molar-refractivity contribution in [2.45, 2.75) is 6.42 Å². The van der Waals surface area contributed by atoms with Crippen LogP contribution in [0.5, 0.6) is 0 Å². The van der Waals surface area contributed by atoms with Crippen LogP contribution in [0.1, 0.15) is 15.9 Å². The third-order valence-corrected chi connectivity index (χ3v) is 2.19. The number of carbonyl (C=O) groups excluding carboxylic acids is 1. The summed E-state index contributed by atoms with van der Waals surface area (Å²) in [5.74, 6) is -2.25. The molecule has 0 fully saturated rings. The molecule has 0 N–H and O–H groups in total. The Morgan fingerprint density at radius 1 is 1.19 bits per heavy atom. The molecule has 82 valence electrons. The molecule has 16 heavy (non-hydrogen) atoms. The Bertz CT molecular complexity index is 504. The summed E-state index contributed by atoms with van der Waals surface area (Å²) in [4.78, 5) is 11.6. The fourth-order valence-corrected chi connectivity index (χ4v) is 1.35. The minimum atomic E-state index is -1.02. The molecule has 1 heterocycles. The normalized spacial score (nSPS) is 10.4. The first kappa shape index (κ1) is 10.5. The van der Waals surface area contributed by atoms with Gasteiger partial charge in [0, 0.05) is 12.0 Å². The van der Waals surface area contributed by atoms with Gasteiger partial charge in [-0.15, -0.1) is 0 Å². The zero-order valence-electron chi connectivity index (χ0n) is 8.24. The summed E-state index contributed by atoms with van der Waals surface area (Å²) in [5, 5.41) is 0. The van der Waals surface area contributed by atoms with Crippen molar-refractivity contribution >= 4 is 5.78 Å². The third-order valence-electron chi connectivity index (χ3n) is 2.19. The van der Waals surface area contributed by atoms with Crippen LogP contribution in [0.3, 0.4) is 0 Å². The lowest BCUT2D eigenvalue weighted by Gasteiger charge is -1.99. The number of hydrogen-bond acceptors (Lipinski definition) is 2. The lowest BCUT2D eigenvalue weighted by atomic mass is 10.1. The number of halogens is 2. The van der Waals surface area contributed by atoms with Gasteiger partial charge in [0.15, 0.2) is 17.4 Å². The maximum Gasteiger partial charge on any atom is 0.167 e. The van der Waals surface area contributed by atoms with Gasteiger partial charge in [-0.3, -0.25) is 4.79 Å². The van der Waals surface area contributed by atoms with Gasteiger partial charge >= 0.3 is 0 Å². The molecule has 0 unspecified atom stereocenters. The molecule has 0 aliphatic heterocycles. The monoisotopic (exact) mass is 222 g/mol. The SMILES string of the molecule is O=C(Cc1ccoc1)c1ccc(F)c(F)c1. The Labute approximate surface area is 90.5 Å². The van der Waals surface area contributed by atoms with E-state index >= 15 is 0 Å². The van der Waals surface area contributed by atoms with Crippen LogP contribution in [0.25, 0.3) is 0 Å².